The van der Waals surface area contributed by atoms with Gasteiger partial charge < -0.3 is 14.6 Å². The van der Waals surface area contributed by atoms with Crippen LogP contribution in [0.4, 0.5) is 5.69 Å². The molecular formula is C16H15N5O6. The number of nitrogens with zero attached hydrogens (tertiary/aromatic N) is 4. The molecule has 2 aliphatic heterocycles. The lowest BCUT2D eigenvalue weighted by atomic mass is 10.0. The number of hydrogen-bond donors (Lipinski definition) is 2. The van der Waals surface area contributed by atoms with Gasteiger partial charge in [0, 0.05) is 6.42 Å². The van der Waals surface area contributed by atoms with Gasteiger partial charge in [-0.05, 0) is 12.1 Å². The molecule has 2 saturated heterocycles. The molecule has 2 N–H and O–H groups in total. The molecule has 3 unspecified atom stereocenters. The normalized spacial score (nSPS) is 25.5. The first-order valence-corrected chi connectivity index (χ1v) is 8.13. The zero-order valence-corrected chi connectivity index (χ0v) is 13.9. The van der Waals surface area contributed by atoms with Crippen LogP contribution in [0.5, 0.6) is 5.75 Å². The van der Waals surface area contributed by atoms with Crippen molar-refractivity contribution in [3.63, 3.8) is 0 Å². The number of nitrogens with one attached hydrogen (secondary N) is 1. The van der Waals surface area contributed by atoms with Crippen LogP contribution in [0.25, 0.3) is 0 Å². The van der Waals surface area contributed by atoms with Crippen LogP contribution in [-0.4, -0.2) is 50.4 Å². The number of carbonyl (C=O) groups is 1. The Hall–Kier alpha value is -3.31. The van der Waals surface area contributed by atoms with Crippen LogP contribution in [-0.2, 0) is 9.47 Å². The number of hydrazone groups is 1. The Kier molecular flexibility index (Phi) is 4.30. The first-order chi connectivity index (χ1) is 13.0. The average Bonchev–Trinajstić information content (AvgIpc) is 3.30. The van der Waals surface area contributed by atoms with Gasteiger partial charge in [0.15, 0.2) is 6.29 Å². The molecule has 11 nitrogen and oxygen atoms in total. The fraction of sp³-hybridized carbons (Fsp3) is 0.312. The topological polar surface area (TPSA) is 141 Å². The summed E-state index contributed by atoms with van der Waals surface area (Å²) >= 11 is 0. The van der Waals surface area contributed by atoms with Gasteiger partial charge in [0.25, 0.3) is 5.91 Å². The Bertz CT molecular complexity index is 926. The Morgan fingerprint density at radius 3 is 3.00 bits per heavy atom. The molecule has 0 aliphatic carbocycles. The van der Waals surface area contributed by atoms with Crippen LogP contribution >= 0.6 is 0 Å². The summed E-state index contributed by atoms with van der Waals surface area (Å²) in [6.07, 6.45) is 1.82. The molecule has 0 saturated carbocycles. The predicted octanol–water partition coefficient (Wildman–Crippen LogP) is 0.969. The van der Waals surface area contributed by atoms with Crippen molar-refractivity contribution in [2.24, 2.45) is 5.10 Å². The van der Waals surface area contributed by atoms with Crippen LogP contribution in [0, 0.1) is 10.1 Å². The van der Waals surface area contributed by atoms with Gasteiger partial charge in [-0.2, -0.15) is 10.2 Å². The number of rotatable bonds is 4. The van der Waals surface area contributed by atoms with Gasteiger partial charge in [-0.25, -0.2) is 5.43 Å². The lowest BCUT2D eigenvalue weighted by molar-refractivity contribution is -0.385. The molecule has 4 rings (SSSR count). The number of nitro groups is 1. The third kappa shape index (κ3) is 3.25. The molecule has 3 heterocycles. The summed E-state index contributed by atoms with van der Waals surface area (Å²) in [4.78, 5) is 22.5. The molecule has 3 atom stereocenters. The highest BCUT2D eigenvalue weighted by Gasteiger charge is 2.43. The maximum absolute atomic E-state index is 12.2. The van der Waals surface area contributed by atoms with Crippen molar-refractivity contribution >= 4 is 17.3 Å². The molecule has 2 aliphatic rings. The molecule has 11 heteroatoms. The van der Waals surface area contributed by atoms with Gasteiger partial charge in [-0.3, -0.25) is 19.6 Å². The van der Waals surface area contributed by atoms with E-state index in [4.69, 9.17) is 9.47 Å². The van der Waals surface area contributed by atoms with Gasteiger partial charge in [0.1, 0.15) is 24.2 Å². The second-order valence-electron chi connectivity index (χ2n) is 6.11. The summed E-state index contributed by atoms with van der Waals surface area (Å²) in [7, 11) is 0. The third-order valence-corrected chi connectivity index (χ3v) is 4.42. The summed E-state index contributed by atoms with van der Waals surface area (Å²) in [5, 5.41) is 28.7. The quantitative estimate of drug-likeness (QED) is 0.601. The third-order valence-electron chi connectivity index (χ3n) is 4.42. The second-order valence-corrected chi connectivity index (χ2v) is 6.11. The summed E-state index contributed by atoms with van der Waals surface area (Å²) in [5.74, 6) is -0.735. The lowest BCUT2D eigenvalue weighted by Crippen LogP contribution is -2.38. The minimum absolute atomic E-state index is 0.0862. The molecule has 27 heavy (non-hydrogen) atoms. The molecular weight excluding hydrogens is 358 g/mol. The van der Waals surface area contributed by atoms with E-state index >= 15 is 0 Å². The number of para-hydroxylation sites is 1. The highest BCUT2D eigenvalue weighted by Crippen LogP contribution is 2.33. The zero-order valence-electron chi connectivity index (χ0n) is 13.9. The van der Waals surface area contributed by atoms with E-state index in [1.807, 2.05) is 0 Å². The SMILES string of the molecule is O=C(N/N=C1/CC(n2cc([N+](=O)[O-])cn2)C2COC1O2)c1ccccc1O. The van der Waals surface area contributed by atoms with E-state index in [-0.39, 0.29) is 35.8 Å². The average molecular weight is 373 g/mol. The van der Waals surface area contributed by atoms with E-state index < -0.39 is 17.1 Å². The van der Waals surface area contributed by atoms with E-state index in [0.717, 1.165) is 0 Å². The van der Waals surface area contributed by atoms with Crippen molar-refractivity contribution in [1.82, 2.24) is 15.2 Å². The Labute approximate surface area is 152 Å². The zero-order chi connectivity index (χ0) is 19.0. The number of phenolic OH excluding ortho intramolecular Hbond substituents is 1. The minimum atomic E-state index is -0.693. The Morgan fingerprint density at radius 2 is 2.26 bits per heavy atom. The van der Waals surface area contributed by atoms with Crippen molar-refractivity contribution in [2.45, 2.75) is 24.9 Å². The number of ether oxygens (including phenoxy) is 2. The van der Waals surface area contributed by atoms with Crippen molar-refractivity contribution in [3.05, 3.63) is 52.3 Å². The fourth-order valence-electron chi connectivity index (χ4n) is 3.05. The largest absolute Gasteiger partial charge is 0.507 e. The van der Waals surface area contributed by atoms with E-state index in [9.17, 15) is 20.0 Å². The number of aromatic hydroxyl groups is 1. The van der Waals surface area contributed by atoms with Crippen LogP contribution in [0.3, 0.4) is 0 Å². The monoisotopic (exact) mass is 373 g/mol. The Morgan fingerprint density at radius 1 is 1.44 bits per heavy atom. The lowest BCUT2D eigenvalue weighted by Gasteiger charge is -2.28. The first-order valence-electron chi connectivity index (χ1n) is 8.13. The predicted molar refractivity (Wildman–Crippen MR) is 90.2 cm³/mol. The van der Waals surface area contributed by atoms with Crippen molar-refractivity contribution < 1.29 is 24.3 Å². The Balaban J connectivity index is 1.52. The number of aromatic nitrogens is 2. The van der Waals surface area contributed by atoms with Crippen LogP contribution in [0.1, 0.15) is 22.8 Å². The van der Waals surface area contributed by atoms with E-state index in [0.29, 0.717) is 12.1 Å². The molecule has 2 bridgehead atoms. The standard InChI is InChI=1S/C16H15N5O6/c22-13-4-2-1-3-10(13)15(23)19-18-11-5-12(14-8-26-16(11)27-14)20-7-9(6-17-20)21(24)25/h1-4,6-7,12,14,16,22H,5,8H2,(H,19,23)/b18-11-. The van der Waals surface area contributed by atoms with Gasteiger partial charge in [0.2, 0.25) is 0 Å². The van der Waals surface area contributed by atoms with E-state index in [1.165, 1.54) is 29.2 Å². The van der Waals surface area contributed by atoms with E-state index in [1.54, 1.807) is 12.1 Å². The number of phenols is 1. The highest BCUT2D eigenvalue weighted by atomic mass is 16.7. The van der Waals surface area contributed by atoms with Gasteiger partial charge >= 0.3 is 5.69 Å². The van der Waals surface area contributed by atoms with Gasteiger partial charge in [-0.15, -0.1) is 0 Å². The molecule has 0 spiro atoms. The summed E-state index contributed by atoms with van der Waals surface area (Å²) in [6, 6.07) is 5.75. The molecule has 1 aromatic carbocycles. The van der Waals surface area contributed by atoms with Gasteiger partial charge in [0.05, 0.1) is 28.8 Å². The van der Waals surface area contributed by atoms with Crippen LogP contribution in [0.2, 0.25) is 0 Å². The molecule has 1 aromatic heterocycles. The molecule has 2 fully saturated rings. The van der Waals surface area contributed by atoms with Crippen molar-refractivity contribution in [2.75, 3.05) is 6.61 Å². The molecule has 2 aromatic rings. The maximum Gasteiger partial charge on any atom is 0.307 e. The summed E-state index contributed by atoms with van der Waals surface area (Å²) in [5.41, 5.74) is 2.77. The van der Waals surface area contributed by atoms with Crippen molar-refractivity contribution in [1.29, 1.82) is 0 Å². The summed E-state index contributed by atoms with van der Waals surface area (Å²) in [6.45, 7) is 0.287. The number of benzene rings is 1. The number of hydrogen-bond acceptors (Lipinski definition) is 8. The number of carbonyl (C=O) groups excluding carboxylic acids is 1. The van der Waals surface area contributed by atoms with Gasteiger partial charge in [-0.1, -0.05) is 12.1 Å². The smallest absolute Gasteiger partial charge is 0.307 e. The molecule has 1 amide bonds. The van der Waals surface area contributed by atoms with Crippen LogP contribution < -0.4 is 5.43 Å². The molecule has 0 radical (unpaired) electrons. The van der Waals surface area contributed by atoms with E-state index in [2.05, 4.69) is 15.6 Å². The second kappa shape index (κ2) is 6.78. The minimum Gasteiger partial charge on any atom is -0.507 e. The van der Waals surface area contributed by atoms with Crippen LogP contribution in [0.15, 0.2) is 41.8 Å². The number of amides is 1. The van der Waals surface area contributed by atoms with Crippen molar-refractivity contribution in [3.8, 4) is 5.75 Å². The maximum atomic E-state index is 12.2. The fourth-order valence-corrected chi connectivity index (χ4v) is 3.05. The first kappa shape index (κ1) is 17.1. The summed E-state index contributed by atoms with van der Waals surface area (Å²) < 4.78 is 12.7. The highest BCUT2D eigenvalue weighted by molar-refractivity contribution is 5.98. The molecule has 140 valence electrons. The number of fused-ring (bicyclic) bond motifs is 2.